The molecule has 5 rings (SSSR count). The van der Waals surface area contributed by atoms with Crippen molar-refractivity contribution >= 4 is 23.0 Å². The van der Waals surface area contributed by atoms with Crippen LogP contribution in [0.3, 0.4) is 0 Å². The maximum Gasteiger partial charge on any atom is 0.174 e. The van der Waals surface area contributed by atoms with Gasteiger partial charge < -0.3 is 19.5 Å². The lowest BCUT2D eigenvalue weighted by molar-refractivity contribution is 0.415. The fourth-order valence-corrected chi connectivity index (χ4v) is 5.88. The topological polar surface area (TPSA) is 42.3 Å². The number of ether oxygens (including phenoxy) is 1. The predicted molar refractivity (Wildman–Crippen MR) is 132 cm³/mol. The molecule has 6 heteroatoms. The third kappa shape index (κ3) is 3.56. The van der Waals surface area contributed by atoms with Gasteiger partial charge in [-0.25, -0.2) is 0 Å². The molecule has 2 aliphatic rings. The van der Waals surface area contributed by atoms with Crippen LogP contribution >= 0.6 is 12.2 Å². The average Bonchev–Trinajstić information content (AvgIpc) is 3.52. The zero-order valence-electron chi connectivity index (χ0n) is 18.9. The molecule has 1 aliphatic carbocycles. The van der Waals surface area contributed by atoms with Crippen LogP contribution in [0.25, 0.3) is 0 Å². The SMILES string of the molecule is COc1cccc(N2C(=S)N[C@@H](c3ccccn3)[C@@H]2c2cc(C)n(C3CCCC3)c2C)c1. The summed E-state index contributed by atoms with van der Waals surface area (Å²) >= 11 is 5.89. The van der Waals surface area contributed by atoms with E-state index in [4.69, 9.17) is 17.0 Å². The number of thiocarbonyl (C=S) groups is 1. The van der Waals surface area contributed by atoms with Crippen molar-refractivity contribution in [1.82, 2.24) is 14.9 Å². The number of hydrogen-bond acceptors (Lipinski definition) is 3. The molecule has 0 bridgehead atoms. The number of benzene rings is 1. The van der Waals surface area contributed by atoms with Crippen LogP contribution in [-0.4, -0.2) is 21.8 Å². The Balaban J connectivity index is 1.65. The number of aryl methyl sites for hydroxylation is 1. The first kappa shape index (κ1) is 21.0. The zero-order chi connectivity index (χ0) is 22.2. The van der Waals surface area contributed by atoms with E-state index in [1.807, 2.05) is 30.5 Å². The number of nitrogens with one attached hydrogen (secondary N) is 1. The fraction of sp³-hybridized carbons (Fsp3) is 0.385. The van der Waals surface area contributed by atoms with Gasteiger partial charge >= 0.3 is 0 Å². The van der Waals surface area contributed by atoms with Gasteiger partial charge in [-0.1, -0.05) is 25.0 Å². The lowest BCUT2D eigenvalue weighted by Gasteiger charge is -2.28. The van der Waals surface area contributed by atoms with Gasteiger partial charge in [0.2, 0.25) is 0 Å². The van der Waals surface area contributed by atoms with Crippen LogP contribution in [0.15, 0.2) is 54.7 Å². The van der Waals surface area contributed by atoms with Crippen molar-refractivity contribution in [3.8, 4) is 5.75 Å². The Morgan fingerprint density at radius 2 is 1.88 bits per heavy atom. The number of aromatic nitrogens is 2. The van der Waals surface area contributed by atoms with Gasteiger partial charge in [0.15, 0.2) is 5.11 Å². The molecule has 3 heterocycles. The summed E-state index contributed by atoms with van der Waals surface area (Å²) in [4.78, 5) is 6.92. The summed E-state index contributed by atoms with van der Waals surface area (Å²) in [6.45, 7) is 4.50. The minimum Gasteiger partial charge on any atom is -0.497 e. The molecule has 0 amide bonds. The predicted octanol–water partition coefficient (Wildman–Crippen LogP) is 5.80. The van der Waals surface area contributed by atoms with Gasteiger partial charge in [0.1, 0.15) is 5.75 Å². The summed E-state index contributed by atoms with van der Waals surface area (Å²) in [6, 6.07) is 17.1. The normalized spacial score (nSPS) is 21.2. The first-order chi connectivity index (χ1) is 15.6. The highest BCUT2D eigenvalue weighted by molar-refractivity contribution is 7.80. The summed E-state index contributed by atoms with van der Waals surface area (Å²) < 4.78 is 8.07. The van der Waals surface area contributed by atoms with Crippen molar-refractivity contribution < 1.29 is 4.74 Å². The molecule has 0 unspecified atom stereocenters. The molecule has 1 N–H and O–H groups in total. The van der Waals surface area contributed by atoms with Crippen LogP contribution in [0, 0.1) is 13.8 Å². The molecule has 5 nitrogen and oxygen atoms in total. The maximum absolute atomic E-state index is 5.89. The van der Waals surface area contributed by atoms with Gasteiger partial charge in [-0.3, -0.25) is 4.98 Å². The van der Waals surface area contributed by atoms with Crippen molar-refractivity contribution in [2.45, 2.75) is 57.7 Å². The summed E-state index contributed by atoms with van der Waals surface area (Å²) in [5.41, 5.74) is 5.99. The third-order valence-electron chi connectivity index (χ3n) is 6.96. The van der Waals surface area contributed by atoms with Crippen molar-refractivity contribution in [2.24, 2.45) is 0 Å². The summed E-state index contributed by atoms with van der Waals surface area (Å²) in [5, 5.41) is 4.29. The molecule has 166 valence electrons. The van der Waals surface area contributed by atoms with Gasteiger partial charge in [0, 0.05) is 35.4 Å². The average molecular weight is 447 g/mol. The molecule has 2 fully saturated rings. The second-order valence-electron chi connectivity index (χ2n) is 8.83. The van der Waals surface area contributed by atoms with Crippen LogP contribution in [0.5, 0.6) is 5.75 Å². The zero-order valence-corrected chi connectivity index (χ0v) is 19.7. The Hall–Kier alpha value is -2.86. The highest BCUT2D eigenvalue weighted by Gasteiger charge is 2.42. The summed E-state index contributed by atoms with van der Waals surface area (Å²) in [7, 11) is 1.70. The monoisotopic (exact) mass is 446 g/mol. The minimum absolute atomic E-state index is 0.00543. The summed E-state index contributed by atoms with van der Waals surface area (Å²) in [5.74, 6) is 0.821. The number of methoxy groups -OCH3 is 1. The third-order valence-corrected chi connectivity index (χ3v) is 7.28. The number of rotatable bonds is 5. The lowest BCUT2D eigenvalue weighted by Crippen LogP contribution is -2.29. The van der Waals surface area contributed by atoms with Crippen LogP contribution in [0.4, 0.5) is 5.69 Å². The number of hydrogen-bond donors (Lipinski definition) is 1. The molecular formula is C26H30N4OS. The first-order valence-corrected chi connectivity index (χ1v) is 11.8. The molecule has 0 spiro atoms. The van der Waals surface area contributed by atoms with Gasteiger partial charge in [-0.05, 0) is 74.8 Å². The van der Waals surface area contributed by atoms with E-state index in [9.17, 15) is 0 Å². The van der Waals surface area contributed by atoms with Crippen molar-refractivity contribution in [3.63, 3.8) is 0 Å². The Labute approximate surface area is 195 Å². The molecule has 0 radical (unpaired) electrons. The fourth-order valence-electron chi connectivity index (χ4n) is 5.54. The maximum atomic E-state index is 5.89. The lowest BCUT2D eigenvalue weighted by atomic mass is 9.96. The van der Waals surface area contributed by atoms with Gasteiger partial charge in [0.05, 0.1) is 24.9 Å². The molecule has 3 aromatic rings. The second kappa shape index (κ2) is 8.58. The Morgan fingerprint density at radius 3 is 2.59 bits per heavy atom. The van der Waals surface area contributed by atoms with E-state index in [-0.39, 0.29) is 12.1 Å². The number of anilines is 1. The van der Waals surface area contributed by atoms with Crippen molar-refractivity contribution in [3.05, 3.63) is 77.4 Å². The van der Waals surface area contributed by atoms with E-state index in [0.717, 1.165) is 17.1 Å². The van der Waals surface area contributed by atoms with Gasteiger partial charge in [-0.15, -0.1) is 0 Å². The molecular weight excluding hydrogens is 416 g/mol. The number of pyridine rings is 1. The first-order valence-electron chi connectivity index (χ1n) is 11.4. The highest BCUT2D eigenvalue weighted by atomic mass is 32.1. The molecule has 1 aromatic carbocycles. The van der Waals surface area contributed by atoms with Crippen LogP contribution in [-0.2, 0) is 0 Å². The van der Waals surface area contributed by atoms with Gasteiger partial charge in [-0.2, -0.15) is 0 Å². The largest absolute Gasteiger partial charge is 0.497 e. The summed E-state index contributed by atoms with van der Waals surface area (Å²) in [6.07, 6.45) is 7.02. The van der Waals surface area contributed by atoms with E-state index in [1.165, 1.54) is 42.6 Å². The number of nitrogens with zero attached hydrogens (tertiary/aromatic N) is 3. The van der Waals surface area contributed by atoms with Crippen LogP contribution in [0.2, 0.25) is 0 Å². The molecule has 1 saturated carbocycles. The Kier molecular flexibility index (Phi) is 5.64. The minimum atomic E-state index is -0.0348. The molecule has 1 saturated heterocycles. The van der Waals surface area contributed by atoms with Crippen LogP contribution in [0.1, 0.15) is 66.5 Å². The van der Waals surface area contributed by atoms with E-state index in [2.05, 4.69) is 57.9 Å². The van der Waals surface area contributed by atoms with Gasteiger partial charge in [0.25, 0.3) is 0 Å². The Bertz CT molecular complexity index is 1120. The molecule has 1 aliphatic heterocycles. The molecule has 2 aromatic heterocycles. The van der Waals surface area contributed by atoms with Crippen molar-refractivity contribution in [2.75, 3.05) is 12.0 Å². The second-order valence-corrected chi connectivity index (χ2v) is 9.22. The molecule has 2 atom stereocenters. The van der Waals surface area contributed by atoms with Crippen LogP contribution < -0.4 is 15.0 Å². The standard InChI is InChI=1S/C26H30N4OS/c1-17-15-22(18(2)29(17)19-9-4-5-10-19)25-24(23-13-6-7-14-27-23)28-26(32)30(25)20-11-8-12-21(16-20)31-3/h6-8,11-16,19,24-25H,4-5,9-10H2,1-3H3,(H,28,32)/t24-,25-/m0/s1. The van der Waals surface area contributed by atoms with E-state index in [0.29, 0.717) is 11.2 Å². The van der Waals surface area contributed by atoms with Crippen molar-refractivity contribution in [1.29, 1.82) is 0 Å². The quantitative estimate of drug-likeness (QED) is 0.502. The Morgan fingerprint density at radius 1 is 1.06 bits per heavy atom. The van der Waals surface area contributed by atoms with E-state index < -0.39 is 0 Å². The van der Waals surface area contributed by atoms with E-state index >= 15 is 0 Å². The highest BCUT2D eigenvalue weighted by Crippen LogP contribution is 2.45. The van der Waals surface area contributed by atoms with E-state index in [1.54, 1.807) is 7.11 Å². The smallest absolute Gasteiger partial charge is 0.174 e. The molecule has 32 heavy (non-hydrogen) atoms.